The Balaban J connectivity index is 1.37. The molecule has 1 saturated carbocycles. The Labute approximate surface area is 177 Å². The van der Waals surface area contributed by atoms with Gasteiger partial charge >= 0.3 is 6.18 Å². The van der Waals surface area contributed by atoms with Crippen molar-refractivity contribution in [3.63, 3.8) is 0 Å². The van der Waals surface area contributed by atoms with E-state index in [1.165, 1.54) is 0 Å². The monoisotopic (exact) mass is 436 g/mol. The van der Waals surface area contributed by atoms with Gasteiger partial charge in [0, 0.05) is 24.2 Å². The first-order valence-electron chi connectivity index (χ1n) is 9.81. The molecule has 0 unspecified atom stereocenters. The number of anilines is 1. The van der Waals surface area contributed by atoms with Crippen molar-refractivity contribution in [2.24, 2.45) is 5.92 Å². The SMILES string of the molecule is O=C(COc1cccc(NC(=O)C2CC2)c1)NCc1ccc(COCC(F)(F)F)cc1. The molecule has 1 aliphatic carbocycles. The molecule has 0 saturated heterocycles. The number of carbonyl (C=O) groups excluding carboxylic acids is 2. The third-order valence-electron chi connectivity index (χ3n) is 4.47. The van der Waals surface area contributed by atoms with Gasteiger partial charge < -0.3 is 20.1 Å². The summed E-state index contributed by atoms with van der Waals surface area (Å²) in [5, 5.41) is 5.53. The summed E-state index contributed by atoms with van der Waals surface area (Å²) < 4.78 is 46.3. The topological polar surface area (TPSA) is 76.7 Å². The summed E-state index contributed by atoms with van der Waals surface area (Å²) in [4.78, 5) is 23.8. The van der Waals surface area contributed by atoms with Gasteiger partial charge in [-0.1, -0.05) is 30.3 Å². The number of carbonyl (C=O) groups is 2. The normalized spacial score (nSPS) is 13.5. The molecule has 0 bridgehead atoms. The number of nitrogens with one attached hydrogen (secondary N) is 2. The molecular formula is C22H23F3N2O4. The fourth-order valence-corrected chi connectivity index (χ4v) is 2.69. The molecule has 9 heteroatoms. The van der Waals surface area contributed by atoms with Crippen LogP contribution in [0.2, 0.25) is 0 Å². The van der Waals surface area contributed by atoms with Crippen LogP contribution >= 0.6 is 0 Å². The van der Waals surface area contributed by atoms with Gasteiger partial charge in [0.15, 0.2) is 6.61 Å². The molecule has 31 heavy (non-hydrogen) atoms. The van der Waals surface area contributed by atoms with Gasteiger partial charge in [-0.05, 0) is 36.1 Å². The molecule has 2 amide bonds. The highest BCUT2D eigenvalue weighted by molar-refractivity contribution is 5.94. The second-order valence-electron chi connectivity index (χ2n) is 7.28. The van der Waals surface area contributed by atoms with E-state index in [4.69, 9.17) is 4.74 Å². The predicted molar refractivity (Wildman–Crippen MR) is 107 cm³/mol. The first-order chi connectivity index (χ1) is 14.8. The van der Waals surface area contributed by atoms with Crippen LogP contribution in [-0.4, -0.2) is 31.2 Å². The minimum Gasteiger partial charge on any atom is -0.484 e. The van der Waals surface area contributed by atoms with Crippen LogP contribution in [0.1, 0.15) is 24.0 Å². The van der Waals surface area contributed by atoms with E-state index in [2.05, 4.69) is 15.4 Å². The van der Waals surface area contributed by atoms with E-state index >= 15 is 0 Å². The first kappa shape index (κ1) is 22.6. The smallest absolute Gasteiger partial charge is 0.411 e. The maximum atomic E-state index is 12.1. The average Bonchev–Trinajstić information content (AvgIpc) is 3.56. The molecule has 3 rings (SSSR count). The van der Waals surface area contributed by atoms with E-state index in [0.717, 1.165) is 18.4 Å². The Bertz CT molecular complexity index is 896. The highest BCUT2D eigenvalue weighted by Gasteiger charge is 2.29. The Morgan fingerprint density at radius 1 is 1.03 bits per heavy atom. The fraction of sp³-hybridized carbons (Fsp3) is 0.364. The molecule has 0 spiro atoms. The van der Waals surface area contributed by atoms with E-state index in [1.54, 1.807) is 48.5 Å². The van der Waals surface area contributed by atoms with Crippen LogP contribution in [0.5, 0.6) is 5.75 Å². The lowest BCUT2D eigenvalue weighted by Crippen LogP contribution is -2.28. The van der Waals surface area contributed by atoms with E-state index in [9.17, 15) is 22.8 Å². The van der Waals surface area contributed by atoms with Crippen molar-refractivity contribution >= 4 is 17.5 Å². The summed E-state index contributed by atoms with van der Waals surface area (Å²) in [7, 11) is 0. The first-order valence-corrected chi connectivity index (χ1v) is 9.81. The van der Waals surface area contributed by atoms with Crippen LogP contribution in [0.3, 0.4) is 0 Å². The largest absolute Gasteiger partial charge is 0.484 e. The number of hydrogen-bond acceptors (Lipinski definition) is 4. The van der Waals surface area contributed by atoms with Crippen LogP contribution < -0.4 is 15.4 Å². The van der Waals surface area contributed by atoms with Gasteiger partial charge in [0.1, 0.15) is 12.4 Å². The summed E-state index contributed by atoms with van der Waals surface area (Å²) in [5.74, 6) is 0.224. The van der Waals surface area contributed by atoms with Gasteiger partial charge in [-0.3, -0.25) is 9.59 Å². The summed E-state index contributed by atoms with van der Waals surface area (Å²) in [6, 6.07) is 13.6. The fourth-order valence-electron chi connectivity index (χ4n) is 2.69. The number of amides is 2. The lowest BCUT2D eigenvalue weighted by atomic mass is 10.1. The summed E-state index contributed by atoms with van der Waals surface area (Å²) in [5.41, 5.74) is 2.02. The molecule has 2 aromatic carbocycles. The van der Waals surface area contributed by atoms with Crippen molar-refractivity contribution in [2.45, 2.75) is 32.2 Å². The van der Waals surface area contributed by atoms with Crippen LogP contribution in [-0.2, 0) is 27.5 Å². The Kier molecular flexibility index (Phi) is 7.51. The summed E-state index contributed by atoms with van der Waals surface area (Å²) in [6.45, 7) is -1.37. The zero-order valence-electron chi connectivity index (χ0n) is 16.7. The Hall–Kier alpha value is -3.07. The van der Waals surface area contributed by atoms with Gasteiger partial charge in [-0.15, -0.1) is 0 Å². The van der Waals surface area contributed by atoms with E-state index in [0.29, 0.717) is 17.0 Å². The van der Waals surface area contributed by atoms with Crippen LogP contribution in [0, 0.1) is 5.92 Å². The summed E-state index contributed by atoms with van der Waals surface area (Å²) >= 11 is 0. The molecule has 166 valence electrons. The van der Waals surface area contributed by atoms with E-state index in [1.807, 2.05) is 0 Å². The third kappa shape index (κ3) is 8.29. The van der Waals surface area contributed by atoms with E-state index < -0.39 is 12.8 Å². The molecule has 0 aromatic heterocycles. The van der Waals surface area contributed by atoms with Crippen molar-refractivity contribution in [1.29, 1.82) is 0 Å². The van der Waals surface area contributed by atoms with Crippen molar-refractivity contribution < 1.29 is 32.2 Å². The summed E-state index contributed by atoms with van der Waals surface area (Å²) in [6.07, 6.45) is -2.52. The molecule has 0 aliphatic heterocycles. The minimum atomic E-state index is -4.35. The zero-order chi connectivity index (χ0) is 22.3. The zero-order valence-corrected chi connectivity index (χ0v) is 16.7. The number of benzene rings is 2. The molecule has 0 heterocycles. The molecule has 1 aliphatic rings. The number of rotatable bonds is 10. The molecule has 6 nitrogen and oxygen atoms in total. The molecule has 2 aromatic rings. The molecule has 1 fully saturated rings. The molecule has 0 atom stereocenters. The van der Waals surface area contributed by atoms with Crippen LogP contribution in [0.4, 0.5) is 18.9 Å². The highest BCUT2D eigenvalue weighted by Crippen LogP contribution is 2.30. The maximum absolute atomic E-state index is 12.1. The number of halogens is 3. The van der Waals surface area contributed by atoms with Crippen molar-refractivity contribution in [3.05, 3.63) is 59.7 Å². The van der Waals surface area contributed by atoms with Gasteiger partial charge in [0.25, 0.3) is 5.91 Å². The quantitative estimate of drug-likeness (QED) is 0.594. The average molecular weight is 436 g/mol. The molecular weight excluding hydrogens is 413 g/mol. The van der Waals surface area contributed by atoms with Gasteiger partial charge in [0.2, 0.25) is 5.91 Å². The number of alkyl halides is 3. The van der Waals surface area contributed by atoms with Gasteiger partial charge in [-0.2, -0.15) is 13.2 Å². The van der Waals surface area contributed by atoms with Crippen molar-refractivity contribution in [3.8, 4) is 5.75 Å². The highest BCUT2D eigenvalue weighted by atomic mass is 19.4. The number of hydrogen-bond donors (Lipinski definition) is 2. The second kappa shape index (κ2) is 10.3. The van der Waals surface area contributed by atoms with Gasteiger partial charge in [-0.25, -0.2) is 0 Å². The van der Waals surface area contributed by atoms with Crippen molar-refractivity contribution in [1.82, 2.24) is 5.32 Å². The standard InChI is InChI=1S/C22H23F3N2O4/c23-22(24,25)14-30-12-16-6-4-15(5-7-16)11-26-20(28)13-31-19-3-1-2-18(10-19)27-21(29)17-8-9-17/h1-7,10,17H,8-9,11-14H2,(H,26,28)(H,27,29). The molecule has 0 radical (unpaired) electrons. The lowest BCUT2D eigenvalue weighted by Gasteiger charge is -2.10. The Morgan fingerprint density at radius 2 is 1.74 bits per heavy atom. The number of ether oxygens (including phenoxy) is 2. The van der Waals surface area contributed by atoms with Crippen LogP contribution in [0.15, 0.2) is 48.5 Å². The van der Waals surface area contributed by atoms with Crippen molar-refractivity contribution in [2.75, 3.05) is 18.5 Å². The lowest BCUT2D eigenvalue weighted by molar-refractivity contribution is -0.176. The third-order valence-corrected chi connectivity index (χ3v) is 4.47. The van der Waals surface area contributed by atoms with E-state index in [-0.39, 0.29) is 37.5 Å². The van der Waals surface area contributed by atoms with Crippen LogP contribution in [0.25, 0.3) is 0 Å². The second-order valence-corrected chi connectivity index (χ2v) is 7.28. The Morgan fingerprint density at radius 3 is 2.42 bits per heavy atom. The predicted octanol–water partition coefficient (Wildman–Crippen LogP) is 3.81. The van der Waals surface area contributed by atoms with Gasteiger partial charge in [0.05, 0.1) is 6.61 Å². The molecule has 2 N–H and O–H groups in total. The minimum absolute atomic E-state index is 0.00664. The maximum Gasteiger partial charge on any atom is 0.411 e.